The summed E-state index contributed by atoms with van der Waals surface area (Å²) < 4.78 is 11.3. The van der Waals surface area contributed by atoms with Crippen molar-refractivity contribution in [3.05, 3.63) is 58.1 Å². The zero-order valence-electron chi connectivity index (χ0n) is 14.4. The van der Waals surface area contributed by atoms with Crippen molar-refractivity contribution in [1.82, 2.24) is 0 Å². The van der Waals surface area contributed by atoms with Gasteiger partial charge in [-0.3, -0.25) is 4.79 Å². The van der Waals surface area contributed by atoms with Crippen molar-refractivity contribution in [1.29, 1.82) is 0 Å². The standard InChI is InChI=1S/C20H23ClO3/c1-4-14-10-11-18(15(5-2)12-14)23-13-16-17(21)8-7-9-19(16)24-20(22)6-3/h7-12H,4-6,13H2,1-3H3. The summed E-state index contributed by atoms with van der Waals surface area (Å²) in [4.78, 5) is 11.6. The van der Waals surface area contributed by atoms with Crippen LogP contribution in [0.3, 0.4) is 0 Å². The van der Waals surface area contributed by atoms with E-state index in [4.69, 9.17) is 21.1 Å². The number of halogens is 1. The third kappa shape index (κ3) is 4.51. The number of rotatable bonds is 7. The van der Waals surface area contributed by atoms with Crippen molar-refractivity contribution in [3.63, 3.8) is 0 Å². The Hall–Kier alpha value is -2.00. The SMILES string of the molecule is CCC(=O)Oc1cccc(Cl)c1COc1ccc(CC)cc1CC. The maximum absolute atomic E-state index is 11.6. The van der Waals surface area contributed by atoms with E-state index in [-0.39, 0.29) is 12.6 Å². The molecule has 0 atom stereocenters. The zero-order valence-corrected chi connectivity index (χ0v) is 15.2. The fourth-order valence-electron chi connectivity index (χ4n) is 2.39. The van der Waals surface area contributed by atoms with Gasteiger partial charge in [0.1, 0.15) is 18.1 Å². The fraction of sp³-hybridized carbons (Fsp3) is 0.350. The molecule has 0 saturated heterocycles. The lowest BCUT2D eigenvalue weighted by Crippen LogP contribution is -2.09. The largest absolute Gasteiger partial charge is 0.488 e. The summed E-state index contributed by atoms with van der Waals surface area (Å²) in [6.45, 7) is 6.25. The number of esters is 1. The first kappa shape index (κ1) is 18.3. The van der Waals surface area contributed by atoms with Crippen LogP contribution in [0.2, 0.25) is 5.02 Å². The predicted octanol–water partition coefficient (Wildman–Crippen LogP) is 5.36. The molecule has 0 fully saturated rings. The Bertz CT molecular complexity index is 710. The Labute approximate surface area is 148 Å². The minimum absolute atomic E-state index is 0.254. The lowest BCUT2D eigenvalue weighted by atomic mass is 10.1. The summed E-state index contributed by atoms with van der Waals surface area (Å²) in [5, 5.41) is 0.527. The minimum Gasteiger partial charge on any atom is -0.488 e. The summed E-state index contributed by atoms with van der Waals surface area (Å²) in [5.41, 5.74) is 3.13. The number of hydrogen-bond donors (Lipinski definition) is 0. The Kier molecular flexibility index (Phi) is 6.68. The van der Waals surface area contributed by atoms with Crippen LogP contribution in [0.15, 0.2) is 36.4 Å². The molecule has 2 aromatic carbocycles. The van der Waals surface area contributed by atoms with Gasteiger partial charge in [0.15, 0.2) is 0 Å². The Morgan fingerprint density at radius 3 is 2.50 bits per heavy atom. The number of carbonyl (C=O) groups is 1. The van der Waals surface area contributed by atoms with Crippen LogP contribution >= 0.6 is 11.6 Å². The van der Waals surface area contributed by atoms with E-state index in [0.717, 1.165) is 24.2 Å². The van der Waals surface area contributed by atoms with E-state index in [0.29, 0.717) is 22.8 Å². The molecule has 0 aliphatic carbocycles. The molecule has 0 amide bonds. The van der Waals surface area contributed by atoms with Gasteiger partial charge < -0.3 is 9.47 Å². The van der Waals surface area contributed by atoms with Gasteiger partial charge in [-0.25, -0.2) is 0 Å². The van der Waals surface area contributed by atoms with Gasteiger partial charge in [-0.1, -0.05) is 50.6 Å². The fourth-order valence-corrected chi connectivity index (χ4v) is 2.61. The normalized spacial score (nSPS) is 10.5. The topological polar surface area (TPSA) is 35.5 Å². The summed E-state index contributed by atoms with van der Waals surface area (Å²) >= 11 is 6.27. The van der Waals surface area contributed by atoms with Gasteiger partial charge >= 0.3 is 5.97 Å². The smallest absolute Gasteiger partial charge is 0.310 e. The predicted molar refractivity (Wildman–Crippen MR) is 96.9 cm³/mol. The van der Waals surface area contributed by atoms with Gasteiger partial charge in [-0.15, -0.1) is 0 Å². The van der Waals surface area contributed by atoms with Crippen LogP contribution < -0.4 is 9.47 Å². The second kappa shape index (κ2) is 8.74. The molecule has 2 rings (SSSR count). The molecule has 0 aromatic heterocycles. The number of carbonyl (C=O) groups excluding carboxylic acids is 1. The Morgan fingerprint density at radius 1 is 1.04 bits per heavy atom. The van der Waals surface area contributed by atoms with Crippen LogP contribution in [0.4, 0.5) is 0 Å². The Balaban J connectivity index is 2.21. The van der Waals surface area contributed by atoms with E-state index in [1.54, 1.807) is 25.1 Å². The molecule has 4 heteroatoms. The molecule has 0 bridgehead atoms. The Morgan fingerprint density at radius 2 is 1.83 bits per heavy atom. The first-order chi connectivity index (χ1) is 11.6. The van der Waals surface area contributed by atoms with E-state index in [9.17, 15) is 4.79 Å². The van der Waals surface area contributed by atoms with Crippen molar-refractivity contribution in [2.45, 2.75) is 46.6 Å². The average molecular weight is 347 g/mol. The summed E-state index contributed by atoms with van der Waals surface area (Å²) in [5.74, 6) is 1.00. The molecule has 2 aromatic rings. The van der Waals surface area contributed by atoms with Crippen LogP contribution in [0.5, 0.6) is 11.5 Å². The number of hydrogen-bond acceptors (Lipinski definition) is 3. The number of aryl methyl sites for hydroxylation is 2. The summed E-state index contributed by atoms with van der Waals surface area (Å²) in [7, 11) is 0. The molecule has 0 unspecified atom stereocenters. The van der Waals surface area contributed by atoms with Crippen molar-refractivity contribution < 1.29 is 14.3 Å². The number of ether oxygens (including phenoxy) is 2. The van der Waals surface area contributed by atoms with E-state index in [1.165, 1.54) is 5.56 Å². The minimum atomic E-state index is -0.292. The first-order valence-electron chi connectivity index (χ1n) is 8.31. The monoisotopic (exact) mass is 346 g/mol. The molecule has 0 saturated carbocycles. The highest BCUT2D eigenvalue weighted by molar-refractivity contribution is 6.31. The lowest BCUT2D eigenvalue weighted by Gasteiger charge is -2.15. The highest BCUT2D eigenvalue weighted by atomic mass is 35.5. The lowest BCUT2D eigenvalue weighted by molar-refractivity contribution is -0.134. The van der Waals surface area contributed by atoms with Crippen LogP contribution in [-0.2, 0) is 24.2 Å². The van der Waals surface area contributed by atoms with E-state index in [1.807, 2.05) is 6.07 Å². The van der Waals surface area contributed by atoms with Gasteiger partial charge in [0.05, 0.1) is 10.6 Å². The molecule has 0 aliphatic heterocycles. The summed E-state index contributed by atoms with van der Waals surface area (Å²) in [6.07, 6.45) is 2.20. The highest BCUT2D eigenvalue weighted by Crippen LogP contribution is 2.29. The average Bonchev–Trinajstić information content (AvgIpc) is 2.61. The molecule has 0 heterocycles. The second-order valence-corrected chi connectivity index (χ2v) is 5.89. The van der Waals surface area contributed by atoms with Gasteiger partial charge in [0.25, 0.3) is 0 Å². The molecule has 3 nitrogen and oxygen atoms in total. The molecule has 0 aliphatic rings. The molecule has 128 valence electrons. The van der Waals surface area contributed by atoms with E-state index < -0.39 is 0 Å². The zero-order chi connectivity index (χ0) is 17.5. The maximum atomic E-state index is 11.6. The molecule has 0 radical (unpaired) electrons. The van der Waals surface area contributed by atoms with Crippen LogP contribution in [0.1, 0.15) is 43.9 Å². The first-order valence-corrected chi connectivity index (χ1v) is 8.69. The molecular formula is C20H23ClO3. The van der Waals surface area contributed by atoms with Crippen molar-refractivity contribution >= 4 is 17.6 Å². The molecule has 24 heavy (non-hydrogen) atoms. The molecule has 0 N–H and O–H groups in total. The second-order valence-electron chi connectivity index (χ2n) is 5.48. The third-order valence-electron chi connectivity index (χ3n) is 3.87. The highest BCUT2D eigenvalue weighted by Gasteiger charge is 2.13. The van der Waals surface area contributed by atoms with Crippen molar-refractivity contribution in [3.8, 4) is 11.5 Å². The van der Waals surface area contributed by atoms with Crippen LogP contribution in [0.25, 0.3) is 0 Å². The van der Waals surface area contributed by atoms with Crippen LogP contribution in [0, 0.1) is 0 Å². The maximum Gasteiger partial charge on any atom is 0.310 e. The molecule has 0 spiro atoms. The van der Waals surface area contributed by atoms with Crippen molar-refractivity contribution in [2.24, 2.45) is 0 Å². The van der Waals surface area contributed by atoms with Crippen LogP contribution in [-0.4, -0.2) is 5.97 Å². The van der Waals surface area contributed by atoms with Crippen molar-refractivity contribution in [2.75, 3.05) is 0 Å². The quantitative estimate of drug-likeness (QED) is 0.500. The van der Waals surface area contributed by atoms with E-state index >= 15 is 0 Å². The molecular weight excluding hydrogens is 324 g/mol. The van der Waals surface area contributed by atoms with Gasteiger partial charge in [-0.05, 0) is 42.2 Å². The number of benzene rings is 2. The van der Waals surface area contributed by atoms with Gasteiger partial charge in [0, 0.05) is 6.42 Å². The van der Waals surface area contributed by atoms with E-state index in [2.05, 4.69) is 26.0 Å². The van der Waals surface area contributed by atoms with Gasteiger partial charge in [0.2, 0.25) is 0 Å². The van der Waals surface area contributed by atoms with Gasteiger partial charge in [-0.2, -0.15) is 0 Å². The summed E-state index contributed by atoms with van der Waals surface area (Å²) in [6, 6.07) is 11.5. The third-order valence-corrected chi connectivity index (χ3v) is 4.23.